The summed E-state index contributed by atoms with van der Waals surface area (Å²) < 4.78 is 5.51. The van der Waals surface area contributed by atoms with E-state index in [9.17, 15) is 14.4 Å². The molecule has 0 bridgehead atoms. The van der Waals surface area contributed by atoms with Gasteiger partial charge < -0.3 is 20.3 Å². The number of amides is 3. The molecule has 3 amide bonds. The van der Waals surface area contributed by atoms with Gasteiger partial charge in [0, 0.05) is 13.1 Å². The van der Waals surface area contributed by atoms with Crippen LogP contribution in [0.15, 0.2) is 61.2 Å². The number of nitrogens with zero attached hydrogens (tertiary/aromatic N) is 1. The van der Waals surface area contributed by atoms with Crippen molar-refractivity contribution in [1.29, 1.82) is 0 Å². The number of ether oxygens (including phenoxy) is 1. The highest BCUT2D eigenvalue weighted by Gasteiger charge is 2.36. The van der Waals surface area contributed by atoms with Crippen LogP contribution in [-0.2, 0) is 20.9 Å². The maximum atomic E-state index is 14.4. The van der Waals surface area contributed by atoms with Gasteiger partial charge in [-0.25, -0.2) is 4.79 Å². The number of unbranched alkanes of at least 4 members (excludes halogenated alkanes) is 5. The van der Waals surface area contributed by atoms with Gasteiger partial charge in [0.25, 0.3) is 0 Å². The second-order valence-corrected chi connectivity index (χ2v) is 12.6. The van der Waals surface area contributed by atoms with Gasteiger partial charge in [0.15, 0.2) is 0 Å². The number of carbonyl (C=O) groups is 3. The lowest BCUT2D eigenvalue weighted by Gasteiger charge is -2.35. The van der Waals surface area contributed by atoms with Crippen molar-refractivity contribution < 1.29 is 19.1 Å². The molecule has 2 rings (SSSR count). The second-order valence-electron chi connectivity index (χ2n) is 12.6. The van der Waals surface area contributed by atoms with Crippen LogP contribution in [-0.4, -0.2) is 41.0 Å². The Labute approximate surface area is 259 Å². The van der Waals surface area contributed by atoms with Crippen molar-refractivity contribution in [2.75, 3.05) is 6.54 Å². The summed E-state index contributed by atoms with van der Waals surface area (Å²) in [4.78, 5) is 43.0. The summed E-state index contributed by atoms with van der Waals surface area (Å²) in [7, 11) is 0. The number of rotatable bonds is 17. The molecule has 0 spiro atoms. The van der Waals surface area contributed by atoms with Gasteiger partial charge in [-0.3, -0.25) is 9.59 Å². The largest absolute Gasteiger partial charge is 0.444 e. The van der Waals surface area contributed by atoms with Gasteiger partial charge in [-0.05, 0) is 62.3 Å². The van der Waals surface area contributed by atoms with E-state index in [1.807, 2.05) is 68.4 Å². The minimum absolute atomic E-state index is 0.120. The Morgan fingerprint density at radius 2 is 1.63 bits per heavy atom. The molecule has 0 radical (unpaired) electrons. The Morgan fingerprint density at radius 3 is 2.26 bits per heavy atom. The topological polar surface area (TPSA) is 87.7 Å². The molecule has 0 aliphatic carbocycles. The monoisotopic (exact) mass is 591 g/mol. The van der Waals surface area contributed by atoms with Gasteiger partial charge in [0.2, 0.25) is 11.8 Å². The maximum absolute atomic E-state index is 14.4. The summed E-state index contributed by atoms with van der Waals surface area (Å²) in [6.45, 7) is 16.2. The average Bonchev–Trinajstić information content (AvgIpc) is 2.95. The van der Waals surface area contributed by atoms with Crippen LogP contribution in [0.5, 0.6) is 0 Å². The number of nitrogens with one attached hydrogen (secondary N) is 2. The lowest BCUT2D eigenvalue weighted by Crippen LogP contribution is -2.53. The molecule has 43 heavy (non-hydrogen) atoms. The molecule has 0 fully saturated rings. The Balaban J connectivity index is 2.49. The Bertz CT molecular complexity index is 1160. The Morgan fingerprint density at radius 1 is 0.953 bits per heavy atom. The summed E-state index contributed by atoms with van der Waals surface area (Å²) in [6, 6.07) is 15.5. The lowest BCUT2D eigenvalue weighted by molar-refractivity contribution is -0.143. The summed E-state index contributed by atoms with van der Waals surface area (Å²) >= 11 is 0. The Hall–Kier alpha value is -3.61. The number of hydrogen-bond acceptors (Lipinski definition) is 4. The first-order valence-electron chi connectivity index (χ1n) is 15.8. The van der Waals surface area contributed by atoms with E-state index in [1.165, 1.54) is 6.42 Å². The van der Waals surface area contributed by atoms with Crippen LogP contribution in [0.2, 0.25) is 0 Å². The first-order valence-corrected chi connectivity index (χ1v) is 15.8. The van der Waals surface area contributed by atoms with E-state index >= 15 is 0 Å². The van der Waals surface area contributed by atoms with E-state index in [0.29, 0.717) is 25.1 Å². The number of benzene rings is 2. The first kappa shape index (κ1) is 35.6. The fourth-order valence-electron chi connectivity index (χ4n) is 4.98. The predicted molar refractivity (Wildman–Crippen MR) is 175 cm³/mol. The normalized spacial score (nSPS) is 12.7. The fraction of sp³-hybridized carbons (Fsp3) is 0.528. The molecule has 2 N–H and O–H groups in total. The van der Waals surface area contributed by atoms with Crippen molar-refractivity contribution in [3.8, 4) is 0 Å². The highest BCUT2D eigenvalue weighted by atomic mass is 16.6. The SMILES string of the molecule is C=Cc1cccc(C(C(=O)NCc2ccccc2)N(CCCCCCCC)C(=O)C(CC(C)C)NC(=O)OC(C)(C)C)c1. The molecule has 7 heteroatoms. The highest BCUT2D eigenvalue weighted by Crippen LogP contribution is 2.26. The van der Waals surface area contributed by atoms with E-state index in [2.05, 4.69) is 24.1 Å². The average molecular weight is 592 g/mol. The van der Waals surface area contributed by atoms with E-state index in [-0.39, 0.29) is 17.7 Å². The molecule has 0 saturated carbocycles. The quantitative estimate of drug-likeness (QED) is 0.184. The third kappa shape index (κ3) is 13.1. The van der Waals surface area contributed by atoms with E-state index < -0.39 is 23.8 Å². The molecule has 0 saturated heterocycles. The molecule has 7 nitrogen and oxygen atoms in total. The zero-order valence-electron chi connectivity index (χ0n) is 27.2. The molecule has 0 heterocycles. The molecular formula is C36H53N3O4. The van der Waals surface area contributed by atoms with Gasteiger partial charge in [-0.1, -0.05) is 114 Å². The van der Waals surface area contributed by atoms with Crippen LogP contribution in [0.25, 0.3) is 6.08 Å². The predicted octanol–water partition coefficient (Wildman–Crippen LogP) is 7.82. The molecule has 0 aromatic heterocycles. The van der Waals surface area contributed by atoms with Crippen molar-refractivity contribution in [3.05, 3.63) is 77.9 Å². The molecule has 2 atom stereocenters. The van der Waals surface area contributed by atoms with Crippen molar-refractivity contribution in [2.45, 2.75) is 111 Å². The molecule has 2 unspecified atom stereocenters. The number of alkyl carbamates (subject to hydrolysis) is 1. The highest BCUT2D eigenvalue weighted by molar-refractivity contribution is 5.92. The van der Waals surface area contributed by atoms with Gasteiger partial charge in [-0.15, -0.1) is 0 Å². The standard InChI is InChI=1S/C36H53N3O4/c1-8-10-11-12-13-17-23-39(34(41)31(24-27(3)4)38-35(42)43-36(5,6)7)32(30-22-18-21-28(9-2)25-30)33(40)37-26-29-19-15-14-16-20-29/h9,14-16,18-22,25,27,31-32H,2,8,10-13,17,23-24,26H2,1,3-7H3,(H,37,40)(H,38,42). The summed E-state index contributed by atoms with van der Waals surface area (Å²) in [6.07, 6.45) is 7.73. The molecular weight excluding hydrogens is 538 g/mol. The molecule has 2 aromatic rings. The van der Waals surface area contributed by atoms with Crippen molar-refractivity contribution in [2.24, 2.45) is 5.92 Å². The van der Waals surface area contributed by atoms with Gasteiger partial charge >= 0.3 is 6.09 Å². The van der Waals surface area contributed by atoms with E-state index in [0.717, 1.165) is 43.2 Å². The van der Waals surface area contributed by atoms with Crippen LogP contribution in [0.4, 0.5) is 4.79 Å². The van der Waals surface area contributed by atoms with Crippen molar-refractivity contribution >= 4 is 24.0 Å². The summed E-state index contributed by atoms with van der Waals surface area (Å²) in [5, 5.41) is 5.90. The molecule has 0 aliphatic heterocycles. The minimum Gasteiger partial charge on any atom is -0.444 e. The maximum Gasteiger partial charge on any atom is 0.408 e. The van der Waals surface area contributed by atoms with Crippen molar-refractivity contribution in [3.63, 3.8) is 0 Å². The first-order chi connectivity index (χ1) is 20.4. The van der Waals surface area contributed by atoms with E-state index in [1.54, 1.807) is 31.7 Å². The van der Waals surface area contributed by atoms with Crippen LogP contribution >= 0.6 is 0 Å². The third-order valence-corrected chi connectivity index (χ3v) is 7.06. The smallest absolute Gasteiger partial charge is 0.408 e. The van der Waals surface area contributed by atoms with Gasteiger partial charge in [0.1, 0.15) is 17.7 Å². The van der Waals surface area contributed by atoms with Gasteiger partial charge in [-0.2, -0.15) is 0 Å². The van der Waals surface area contributed by atoms with Crippen LogP contribution in [0.1, 0.15) is 109 Å². The summed E-state index contributed by atoms with van der Waals surface area (Å²) in [5.41, 5.74) is 1.81. The third-order valence-electron chi connectivity index (χ3n) is 7.06. The second kappa shape index (κ2) is 18.1. The zero-order chi connectivity index (χ0) is 31.8. The van der Waals surface area contributed by atoms with Gasteiger partial charge in [0.05, 0.1) is 0 Å². The molecule has 2 aromatic carbocycles. The fourth-order valence-corrected chi connectivity index (χ4v) is 4.98. The van der Waals surface area contributed by atoms with Crippen molar-refractivity contribution in [1.82, 2.24) is 15.5 Å². The van der Waals surface area contributed by atoms with Crippen LogP contribution in [0, 0.1) is 5.92 Å². The zero-order valence-corrected chi connectivity index (χ0v) is 27.2. The van der Waals surface area contributed by atoms with Crippen LogP contribution in [0.3, 0.4) is 0 Å². The number of carbonyl (C=O) groups excluding carboxylic acids is 3. The Kier molecular flexibility index (Phi) is 15.0. The summed E-state index contributed by atoms with van der Waals surface area (Å²) in [5.74, 6) is -0.448. The molecule has 0 aliphatic rings. The van der Waals surface area contributed by atoms with E-state index in [4.69, 9.17) is 4.74 Å². The van der Waals surface area contributed by atoms with Crippen LogP contribution < -0.4 is 10.6 Å². The minimum atomic E-state index is -0.887. The molecule has 236 valence electrons. The lowest BCUT2D eigenvalue weighted by atomic mass is 9.97. The number of hydrogen-bond donors (Lipinski definition) is 2.